The van der Waals surface area contributed by atoms with Crippen molar-refractivity contribution in [1.29, 1.82) is 0 Å². The molecule has 180 valence electrons. The highest BCUT2D eigenvalue weighted by Crippen LogP contribution is 2.44. The molecule has 0 radical (unpaired) electrons. The molecule has 0 saturated heterocycles. The summed E-state index contributed by atoms with van der Waals surface area (Å²) < 4.78 is 10.3. The normalized spacial score (nSPS) is 14.7. The first kappa shape index (κ1) is 24.8. The van der Waals surface area contributed by atoms with Crippen molar-refractivity contribution in [1.82, 2.24) is 10.6 Å². The van der Waals surface area contributed by atoms with E-state index >= 15 is 0 Å². The maximum Gasteiger partial charge on any atom is 0.408 e. The Kier molecular flexibility index (Phi) is 7.55. The molecule has 2 atom stereocenters. The average molecular weight is 469 g/mol. The summed E-state index contributed by atoms with van der Waals surface area (Å²) in [4.78, 5) is 49.2. The molecule has 0 aliphatic heterocycles. The lowest BCUT2D eigenvalue weighted by Crippen LogP contribution is -2.60. The van der Waals surface area contributed by atoms with Gasteiger partial charge in [0.1, 0.15) is 12.1 Å². The zero-order valence-electron chi connectivity index (χ0n) is 19.3. The van der Waals surface area contributed by atoms with Crippen LogP contribution in [0.2, 0.25) is 0 Å². The smallest absolute Gasteiger partial charge is 0.408 e. The van der Waals surface area contributed by atoms with Crippen molar-refractivity contribution < 1.29 is 33.8 Å². The van der Waals surface area contributed by atoms with Crippen molar-refractivity contribution in [3.63, 3.8) is 0 Å². The fourth-order valence-electron chi connectivity index (χ4n) is 3.85. The van der Waals surface area contributed by atoms with Crippen LogP contribution in [0.25, 0.3) is 11.1 Å². The highest BCUT2D eigenvalue weighted by Gasteiger charge is 2.39. The quantitative estimate of drug-likeness (QED) is 0.381. The molecule has 3 N–H and O–H groups in total. The van der Waals surface area contributed by atoms with E-state index in [9.17, 15) is 24.3 Å². The van der Waals surface area contributed by atoms with E-state index in [1.807, 2.05) is 48.5 Å². The molecule has 2 aromatic rings. The van der Waals surface area contributed by atoms with Gasteiger partial charge in [0.15, 0.2) is 0 Å². The van der Waals surface area contributed by atoms with Gasteiger partial charge in [-0.2, -0.15) is 0 Å². The standard InChI is InChI=1S/C25H28N2O7/c1-4-25(3,23(30)31)27-21(28)20(22(29)33-5-2)26-24(32)34-14-19-17-12-8-6-10-15(17)16-11-7-9-13-18(16)19/h6-13,19-20H,4-5,14H2,1-3H3,(H,26,32)(H,27,28)(H,30,31). The first-order valence-corrected chi connectivity index (χ1v) is 11.0. The number of alkyl carbamates (subject to hydrolysis) is 1. The van der Waals surface area contributed by atoms with Crippen LogP contribution in [0.15, 0.2) is 48.5 Å². The highest BCUT2D eigenvalue weighted by molar-refractivity contribution is 6.05. The van der Waals surface area contributed by atoms with E-state index < -0.39 is 35.5 Å². The van der Waals surface area contributed by atoms with Crippen LogP contribution in [0, 0.1) is 0 Å². The number of rotatable bonds is 9. The molecule has 3 rings (SSSR count). The molecule has 0 fully saturated rings. The van der Waals surface area contributed by atoms with Crippen LogP contribution in [0.1, 0.15) is 44.2 Å². The molecule has 1 aliphatic carbocycles. The van der Waals surface area contributed by atoms with Crippen LogP contribution in [0.4, 0.5) is 4.79 Å². The van der Waals surface area contributed by atoms with Crippen LogP contribution in [0.3, 0.4) is 0 Å². The topological polar surface area (TPSA) is 131 Å². The SMILES string of the molecule is CCOC(=O)C(NC(=O)OCC1c2ccccc2-c2ccccc21)C(=O)NC(C)(CC)C(=O)O. The third-order valence-electron chi connectivity index (χ3n) is 5.97. The van der Waals surface area contributed by atoms with E-state index in [1.54, 1.807) is 13.8 Å². The molecule has 0 saturated carbocycles. The van der Waals surface area contributed by atoms with Crippen LogP contribution >= 0.6 is 0 Å². The molecule has 2 amide bonds. The number of hydrogen-bond acceptors (Lipinski definition) is 6. The average Bonchev–Trinajstić information content (AvgIpc) is 3.14. The molecule has 9 nitrogen and oxygen atoms in total. The Bertz CT molecular complexity index is 1050. The highest BCUT2D eigenvalue weighted by atomic mass is 16.6. The Labute approximate surface area is 197 Å². The van der Waals surface area contributed by atoms with E-state index in [0.29, 0.717) is 0 Å². The molecule has 34 heavy (non-hydrogen) atoms. The number of carboxylic acid groups (broad SMARTS) is 1. The van der Waals surface area contributed by atoms with Gasteiger partial charge in [-0.3, -0.25) is 10.1 Å². The van der Waals surface area contributed by atoms with E-state index in [2.05, 4.69) is 10.6 Å². The number of fused-ring (bicyclic) bond motifs is 3. The molecular formula is C25H28N2O7. The summed E-state index contributed by atoms with van der Waals surface area (Å²) >= 11 is 0. The van der Waals surface area contributed by atoms with Gasteiger partial charge >= 0.3 is 18.0 Å². The maximum atomic E-state index is 12.7. The van der Waals surface area contributed by atoms with Gasteiger partial charge in [0.05, 0.1) is 6.61 Å². The number of hydrogen-bond donors (Lipinski definition) is 3. The zero-order chi connectivity index (χ0) is 24.9. The number of amides is 2. The molecule has 0 aromatic heterocycles. The second-order valence-electron chi connectivity index (χ2n) is 8.14. The van der Waals surface area contributed by atoms with E-state index in [-0.39, 0.29) is 25.6 Å². The Morgan fingerprint density at radius 1 is 0.971 bits per heavy atom. The van der Waals surface area contributed by atoms with Gasteiger partial charge in [-0.05, 0) is 42.5 Å². The lowest BCUT2D eigenvalue weighted by molar-refractivity contribution is -0.153. The number of carboxylic acids is 1. The fraction of sp³-hybridized carbons (Fsp3) is 0.360. The fourth-order valence-corrected chi connectivity index (χ4v) is 3.85. The molecular weight excluding hydrogens is 440 g/mol. The van der Waals surface area contributed by atoms with Crippen LogP contribution in [-0.4, -0.2) is 53.8 Å². The third-order valence-corrected chi connectivity index (χ3v) is 5.97. The summed E-state index contributed by atoms with van der Waals surface area (Å²) in [6.07, 6.45) is -0.933. The summed E-state index contributed by atoms with van der Waals surface area (Å²) in [5, 5.41) is 13.9. The zero-order valence-corrected chi connectivity index (χ0v) is 19.3. The Hall–Kier alpha value is -3.88. The molecule has 0 bridgehead atoms. The summed E-state index contributed by atoms with van der Waals surface area (Å²) in [6, 6.07) is 13.9. The monoisotopic (exact) mass is 468 g/mol. The molecule has 1 aliphatic rings. The van der Waals surface area contributed by atoms with Crippen molar-refractivity contribution in [3.05, 3.63) is 59.7 Å². The van der Waals surface area contributed by atoms with Gasteiger partial charge in [0, 0.05) is 5.92 Å². The lowest BCUT2D eigenvalue weighted by atomic mass is 9.98. The van der Waals surface area contributed by atoms with E-state index in [4.69, 9.17) is 9.47 Å². The summed E-state index contributed by atoms with van der Waals surface area (Å²) in [6.45, 7) is 4.39. The van der Waals surface area contributed by atoms with Crippen LogP contribution in [-0.2, 0) is 23.9 Å². The minimum atomic E-state index is -1.76. The largest absolute Gasteiger partial charge is 0.480 e. The van der Waals surface area contributed by atoms with Gasteiger partial charge in [-0.25, -0.2) is 14.4 Å². The Morgan fingerprint density at radius 2 is 1.53 bits per heavy atom. The van der Waals surface area contributed by atoms with Gasteiger partial charge in [-0.15, -0.1) is 0 Å². The first-order valence-electron chi connectivity index (χ1n) is 11.0. The number of carbonyl (C=O) groups excluding carboxylic acids is 3. The third kappa shape index (κ3) is 5.03. The first-order chi connectivity index (χ1) is 16.2. The molecule has 2 unspecified atom stereocenters. The van der Waals surface area contributed by atoms with Gasteiger partial charge in [0.2, 0.25) is 6.04 Å². The number of carbonyl (C=O) groups is 4. The van der Waals surface area contributed by atoms with Crippen molar-refractivity contribution in [2.45, 2.75) is 44.7 Å². The van der Waals surface area contributed by atoms with Crippen molar-refractivity contribution in [2.24, 2.45) is 0 Å². The number of ether oxygens (including phenoxy) is 2. The Balaban J connectivity index is 1.72. The van der Waals surface area contributed by atoms with E-state index in [1.165, 1.54) is 6.92 Å². The van der Waals surface area contributed by atoms with Crippen molar-refractivity contribution >= 4 is 23.9 Å². The van der Waals surface area contributed by atoms with Gasteiger partial charge in [0.25, 0.3) is 5.91 Å². The van der Waals surface area contributed by atoms with Crippen molar-refractivity contribution in [2.75, 3.05) is 13.2 Å². The Morgan fingerprint density at radius 3 is 2.03 bits per heavy atom. The molecule has 0 heterocycles. The summed E-state index contributed by atoms with van der Waals surface area (Å²) in [5.41, 5.74) is 2.52. The number of esters is 1. The maximum absolute atomic E-state index is 12.7. The van der Waals surface area contributed by atoms with E-state index in [0.717, 1.165) is 22.3 Å². The molecule has 2 aromatic carbocycles. The van der Waals surface area contributed by atoms with Crippen molar-refractivity contribution in [3.8, 4) is 11.1 Å². The van der Waals surface area contributed by atoms with Gasteiger partial charge in [-0.1, -0.05) is 55.5 Å². The van der Waals surface area contributed by atoms with Crippen LogP contribution in [0.5, 0.6) is 0 Å². The summed E-state index contributed by atoms with van der Waals surface area (Å²) in [5.74, 6) is -3.49. The number of aliphatic carboxylic acids is 1. The van der Waals surface area contributed by atoms with Gasteiger partial charge < -0.3 is 19.9 Å². The van der Waals surface area contributed by atoms with Crippen LogP contribution < -0.4 is 10.6 Å². The molecule has 0 spiro atoms. The predicted molar refractivity (Wildman–Crippen MR) is 123 cm³/mol. The summed E-state index contributed by atoms with van der Waals surface area (Å²) in [7, 11) is 0. The minimum Gasteiger partial charge on any atom is -0.480 e. The second-order valence-corrected chi connectivity index (χ2v) is 8.14. The second kappa shape index (κ2) is 10.4. The number of benzene rings is 2. The minimum absolute atomic E-state index is 0.0151. The lowest BCUT2D eigenvalue weighted by Gasteiger charge is -2.27. The molecule has 9 heteroatoms. The predicted octanol–water partition coefficient (Wildman–Crippen LogP) is 2.83. The number of nitrogens with one attached hydrogen (secondary N) is 2.